The third-order valence-electron chi connectivity index (χ3n) is 4.40. The van der Waals surface area contributed by atoms with Gasteiger partial charge in [0.2, 0.25) is 11.8 Å². The average Bonchev–Trinajstić information content (AvgIpc) is 3.11. The summed E-state index contributed by atoms with van der Waals surface area (Å²) >= 11 is 0. The standard InChI is InChI=1S/C20H21N3O4S/c1-13-4-8-17(9-5-13)28(25,26)11-10-18(24)21-20-23-22-19(27-20)16-7-6-14(2)15(3)12-16/h4-9,12H,10-11H2,1-3H3,(H,21,23,24). The Hall–Kier alpha value is -3.00. The highest BCUT2D eigenvalue weighted by Gasteiger charge is 2.18. The predicted octanol–water partition coefficient (Wildman–Crippen LogP) is 3.46. The van der Waals surface area contributed by atoms with Crippen molar-refractivity contribution in [2.45, 2.75) is 32.1 Å². The Kier molecular flexibility index (Phi) is 5.60. The number of aromatic nitrogens is 2. The van der Waals surface area contributed by atoms with Gasteiger partial charge in [0.25, 0.3) is 0 Å². The number of hydrogen-bond acceptors (Lipinski definition) is 6. The number of rotatable bonds is 6. The Morgan fingerprint density at radius 3 is 2.39 bits per heavy atom. The van der Waals surface area contributed by atoms with E-state index >= 15 is 0 Å². The zero-order chi connectivity index (χ0) is 20.3. The van der Waals surface area contributed by atoms with Crippen molar-refractivity contribution in [1.29, 1.82) is 0 Å². The molecule has 1 aromatic heterocycles. The van der Waals surface area contributed by atoms with Gasteiger partial charge in [0.05, 0.1) is 10.6 Å². The Balaban J connectivity index is 1.61. The summed E-state index contributed by atoms with van der Waals surface area (Å²) in [5.74, 6) is -0.531. The molecule has 1 N–H and O–H groups in total. The van der Waals surface area contributed by atoms with Crippen molar-refractivity contribution >= 4 is 21.8 Å². The lowest BCUT2D eigenvalue weighted by molar-refractivity contribution is -0.115. The lowest BCUT2D eigenvalue weighted by Crippen LogP contribution is -2.17. The number of nitrogens with one attached hydrogen (secondary N) is 1. The van der Waals surface area contributed by atoms with E-state index in [2.05, 4.69) is 15.5 Å². The topological polar surface area (TPSA) is 102 Å². The molecule has 8 heteroatoms. The quantitative estimate of drug-likeness (QED) is 0.681. The molecule has 146 valence electrons. The van der Waals surface area contributed by atoms with Crippen LogP contribution in [0.25, 0.3) is 11.5 Å². The van der Waals surface area contributed by atoms with Crippen LogP contribution in [0.4, 0.5) is 6.01 Å². The highest BCUT2D eigenvalue weighted by atomic mass is 32.2. The molecule has 3 aromatic rings. The third-order valence-corrected chi connectivity index (χ3v) is 6.14. The van der Waals surface area contributed by atoms with Crippen molar-refractivity contribution in [3.8, 4) is 11.5 Å². The number of carbonyl (C=O) groups excluding carboxylic acids is 1. The lowest BCUT2D eigenvalue weighted by Gasteiger charge is -2.04. The van der Waals surface area contributed by atoms with E-state index in [9.17, 15) is 13.2 Å². The van der Waals surface area contributed by atoms with E-state index in [0.717, 1.165) is 22.3 Å². The first kappa shape index (κ1) is 19.8. The molecule has 0 radical (unpaired) electrons. The van der Waals surface area contributed by atoms with Crippen LogP contribution in [0.2, 0.25) is 0 Å². The molecule has 0 fully saturated rings. The summed E-state index contributed by atoms with van der Waals surface area (Å²) in [4.78, 5) is 12.3. The van der Waals surface area contributed by atoms with Gasteiger partial charge in [0.1, 0.15) is 0 Å². The number of anilines is 1. The molecule has 7 nitrogen and oxygen atoms in total. The fourth-order valence-corrected chi connectivity index (χ4v) is 3.78. The van der Waals surface area contributed by atoms with Crippen molar-refractivity contribution in [2.24, 2.45) is 0 Å². The van der Waals surface area contributed by atoms with Gasteiger partial charge in [0.15, 0.2) is 9.84 Å². The van der Waals surface area contributed by atoms with Gasteiger partial charge in [-0.3, -0.25) is 10.1 Å². The molecule has 0 aliphatic carbocycles. The second kappa shape index (κ2) is 7.93. The van der Waals surface area contributed by atoms with Gasteiger partial charge < -0.3 is 4.42 Å². The summed E-state index contributed by atoms with van der Waals surface area (Å²) in [5.41, 5.74) is 3.94. The summed E-state index contributed by atoms with van der Waals surface area (Å²) in [6.45, 7) is 5.86. The van der Waals surface area contributed by atoms with E-state index in [1.165, 1.54) is 12.1 Å². The van der Waals surface area contributed by atoms with E-state index in [1.807, 2.05) is 39.0 Å². The summed E-state index contributed by atoms with van der Waals surface area (Å²) in [7, 11) is -3.54. The number of hydrogen-bond donors (Lipinski definition) is 1. The maximum atomic E-state index is 12.3. The highest BCUT2D eigenvalue weighted by Crippen LogP contribution is 2.22. The molecule has 0 spiro atoms. The molecule has 0 saturated carbocycles. The molecular weight excluding hydrogens is 378 g/mol. The minimum absolute atomic E-state index is 0.0639. The fourth-order valence-electron chi connectivity index (χ4n) is 2.54. The smallest absolute Gasteiger partial charge is 0.322 e. The number of amides is 1. The highest BCUT2D eigenvalue weighted by molar-refractivity contribution is 7.91. The molecule has 0 saturated heterocycles. The van der Waals surface area contributed by atoms with E-state index in [4.69, 9.17) is 4.42 Å². The Labute approximate surface area is 163 Å². The summed E-state index contributed by atoms with van der Waals surface area (Å²) in [6, 6.07) is 12.2. The van der Waals surface area contributed by atoms with E-state index in [-0.39, 0.29) is 29.0 Å². The third kappa shape index (κ3) is 4.64. The van der Waals surface area contributed by atoms with Crippen LogP contribution in [0, 0.1) is 20.8 Å². The SMILES string of the molecule is Cc1ccc(S(=O)(=O)CCC(=O)Nc2nnc(-c3ccc(C)c(C)c3)o2)cc1. The second-order valence-corrected chi connectivity index (χ2v) is 8.75. The van der Waals surface area contributed by atoms with Crippen LogP contribution >= 0.6 is 0 Å². The number of benzene rings is 2. The van der Waals surface area contributed by atoms with Crippen LogP contribution in [0.1, 0.15) is 23.1 Å². The molecule has 0 aliphatic heterocycles. The van der Waals surface area contributed by atoms with Crippen molar-refractivity contribution in [3.63, 3.8) is 0 Å². The summed E-state index contributed by atoms with van der Waals surface area (Å²) in [6.07, 6.45) is -0.211. The molecule has 1 amide bonds. The minimum atomic E-state index is -3.54. The Morgan fingerprint density at radius 1 is 1.00 bits per heavy atom. The summed E-state index contributed by atoms with van der Waals surface area (Å²) < 4.78 is 30.1. The van der Waals surface area contributed by atoms with Gasteiger partial charge in [-0.1, -0.05) is 28.9 Å². The van der Waals surface area contributed by atoms with Crippen LogP contribution in [-0.4, -0.2) is 30.3 Å². The molecule has 0 unspecified atom stereocenters. The number of aryl methyl sites for hydroxylation is 3. The molecule has 28 heavy (non-hydrogen) atoms. The Morgan fingerprint density at radius 2 is 1.71 bits per heavy atom. The van der Waals surface area contributed by atoms with Gasteiger partial charge in [-0.05, 0) is 56.2 Å². The van der Waals surface area contributed by atoms with Crippen molar-refractivity contribution in [2.75, 3.05) is 11.1 Å². The van der Waals surface area contributed by atoms with Gasteiger partial charge in [-0.25, -0.2) is 8.42 Å². The normalized spacial score (nSPS) is 11.4. The zero-order valence-electron chi connectivity index (χ0n) is 15.9. The largest absolute Gasteiger partial charge is 0.403 e. The summed E-state index contributed by atoms with van der Waals surface area (Å²) in [5, 5.41) is 10.2. The van der Waals surface area contributed by atoms with Gasteiger partial charge >= 0.3 is 6.01 Å². The monoisotopic (exact) mass is 399 g/mol. The first-order valence-electron chi connectivity index (χ1n) is 8.75. The molecule has 0 bridgehead atoms. The molecule has 3 rings (SSSR count). The lowest BCUT2D eigenvalue weighted by atomic mass is 10.1. The average molecular weight is 399 g/mol. The van der Waals surface area contributed by atoms with Gasteiger partial charge in [-0.15, -0.1) is 5.10 Å². The molecule has 2 aromatic carbocycles. The van der Waals surface area contributed by atoms with Crippen LogP contribution in [0.3, 0.4) is 0 Å². The predicted molar refractivity (Wildman–Crippen MR) is 106 cm³/mol. The molecular formula is C20H21N3O4S. The molecule has 0 atom stereocenters. The molecule has 1 heterocycles. The van der Waals surface area contributed by atoms with Gasteiger partial charge in [0, 0.05) is 12.0 Å². The number of carbonyl (C=O) groups is 1. The van der Waals surface area contributed by atoms with Crippen LogP contribution in [0.5, 0.6) is 0 Å². The number of nitrogens with zero attached hydrogens (tertiary/aromatic N) is 2. The van der Waals surface area contributed by atoms with Crippen molar-refractivity contribution in [3.05, 3.63) is 59.2 Å². The molecule has 0 aliphatic rings. The van der Waals surface area contributed by atoms with Crippen molar-refractivity contribution in [1.82, 2.24) is 10.2 Å². The minimum Gasteiger partial charge on any atom is -0.403 e. The first-order chi connectivity index (χ1) is 13.2. The van der Waals surface area contributed by atoms with Gasteiger partial charge in [-0.2, -0.15) is 0 Å². The Bertz CT molecular complexity index is 1100. The second-order valence-electron chi connectivity index (χ2n) is 6.64. The number of sulfone groups is 1. The van der Waals surface area contributed by atoms with Crippen molar-refractivity contribution < 1.29 is 17.6 Å². The maximum absolute atomic E-state index is 12.3. The zero-order valence-corrected chi connectivity index (χ0v) is 16.7. The van der Waals surface area contributed by atoms with E-state index in [0.29, 0.717) is 0 Å². The first-order valence-corrected chi connectivity index (χ1v) is 10.4. The van der Waals surface area contributed by atoms with Crippen LogP contribution in [0.15, 0.2) is 51.8 Å². The van der Waals surface area contributed by atoms with Crippen LogP contribution < -0.4 is 5.32 Å². The fraction of sp³-hybridized carbons (Fsp3) is 0.250. The maximum Gasteiger partial charge on any atom is 0.322 e. The van der Waals surface area contributed by atoms with Crippen LogP contribution in [-0.2, 0) is 14.6 Å². The van der Waals surface area contributed by atoms with E-state index < -0.39 is 15.7 Å². The van der Waals surface area contributed by atoms with E-state index in [1.54, 1.807) is 12.1 Å².